The van der Waals surface area contributed by atoms with Gasteiger partial charge in [0.25, 0.3) is 0 Å². The minimum Gasteiger partial charge on any atom is -0.356 e. The third kappa shape index (κ3) is 4.25. The summed E-state index contributed by atoms with van der Waals surface area (Å²) >= 11 is 0. The van der Waals surface area contributed by atoms with Crippen LogP contribution in [-0.2, 0) is 17.8 Å². The highest BCUT2D eigenvalue weighted by Crippen LogP contribution is 2.38. The number of amides is 1. The van der Waals surface area contributed by atoms with E-state index in [4.69, 9.17) is 4.98 Å². The van der Waals surface area contributed by atoms with Crippen molar-refractivity contribution in [1.82, 2.24) is 24.4 Å². The quantitative estimate of drug-likeness (QED) is 0.748. The van der Waals surface area contributed by atoms with Crippen molar-refractivity contribution >= 4 is 17.5 Å². The highest BCUT2D eigenvalue weighted by atomic mass is 16.1. The number of imidazole rings is 1. The summed E-state index contributed by atoms with van der Waals surface area (Å²) in [5.41, 5.74) is 2.30. The number of carbonyl (C=O) groups is 1. The monoisotopic (exact) mass is 437 g/mol. The van der Waals surface area contributed by atoms with Gasteiger partial charge in [0.2, 0.25) is 5.91 Å². The number of hydrogen-bond donors (Lipinski definition) is 1. The Labute approximate surface area is 190 Å². The summed E-state index contributed by atoms with van der Waals surface area (Å²) < 4.78 is 2.43. The first-order valence-corrected chi connectivity index (χ1v) is 12.3. The molecule has 8 nitrogen and oxygen atoms in total. The lowest BCUT2D eigenvalue weighted by Crippen LogP contribution is -2.36. The lowest BCUT2D eigenvalue weighted by Gasteiger charge is -2.35. The Bertz CT molecular complexity index is 957. The fourth-order valence-electron chi connectivity index (χ4n) is 5.52. The minimum atomic E-state index is 0.0425. The molecule has 8 heteroatoms. The van der Waals surface area contributed by atoms with E-state index in [9.17, 15) is 4.79 Å². The Hall–Kier alpha value is -2.48. The van der Waals surface area contributed by atoms with Gasteiger partial charge in [0.15, 0.2) is 0 Å². The van der Waals surface area contributed by atoms with E-state index in [0.29, 0.717) is 18.2 Å². The van der Waals surface area contributed by atoms with E-state index in [1.165, 1.54) is 37.4 Å². The van der Waals surface area contributed by atoms with Gasteiger partial charge < -0.3 is 19.7 Å². The molecule has 3 aliphatic heterocycles. The van der Waals surface area contributed by atoms with E-state index in [0.717, 1.165) is 56.8 Å². The molecule has 2 aromatic rings. The molecule has 5 rings (SSSR count). The molecular weight excluding hydrogens is 402 g/mol. The second-order valence-corrected chi connectivity index (χ2v) is 9.56. The van der Waals surface area contributed by atoms with Gasteiger partial charge in [-0.05, 0) is 51.1 Å². The molecule has 2 saturated heterocycles. The Kier molecular flexibility index (Phi) is 6.13. The molecule has 1 atom stereocenters. The van der Waals surface area contributed by atoms with Crippen LogP contribution in [0, 0.1) is 0 Å². The summed E-state index contributed by atoms with van der Waals surface area (Å²) in [4.78, 5) is 30.9. The molecule has 2 aromatic heterocycles. The number of piperidine rings is 1. The Balaban J connectivity index is 1.29. The lowest BCUT2D eigenvalue weighted by molar-refractivity contribution is -0.116. The summed E-state index contributed by atoms with van der Waals surface area (Å²) in [5, 5.41) is 2.92. The van der Waals surface area contributed by atoms with Crippen LogP contribution >= 0.6 is 0 Å². The Morgan fingerprint density at radius 2 is 1.88 bits per heavy atom. The number of nitrogens with one attached hydrogen (secondary N) is 1. The van der Waals surface area contributed by atoms with Gasteiger partial charge in [-0.2, -0.15) is 0 Å². The highest BCUT2D eigenvalue weighted by Gasteiger charge is 2.31. The lowest BCUT2D eigenvalue weighted by atomic mass is 9.92. The number of anilines is 2. The summed E-state index contributed by atoms with van der Waals surface area (Å²) in [6, 6.07) is 0. The van der Waals surface area contributed by atoms with Crippen molar-refractivity contribution in [3.05, 3.63) is 29.6 Å². The normalized spacial score (nSPS) is 22.2. The van der Waals surface area contributed by atoms with Crippen LogP contribution < -0.4 is 10.2 Å². The maximum Gasteiger partial charge on any atom is 0.226 e. The number of rotatable bonds is 6. The van der Waals surface area contributed by atoms with E-state index in [1.54, 1.807) is 6.33 Å². The van der Waals surface area contributed by atoms with Crippen LogP contribution in [0.25, 0.3) is 0 Å². The Morgan fingerprint density at radius 1 is 1.09 bits per heavy atom. The zero-order chi connectivity index (χ0) is 22.1. The number of aryl methyl sites for hydroxylation is 1. The molecule has 32 heavy (non-hydrogen) atoms. The van der Waals surface area contributed by atoms with Crippen LogP contribution in [0.1, 0.15) is 74.9 Å². The van der Waals surface area contributed by atoms with E-state index < -0.39 is 0 Å². The van der Waals surface area contributed by atoms with Gasteiger partial charge in [-0.1, -0.05) is 13.8 Å². The minimum absolute atomic E-state index is 0.0425. The average Bonchev–Trinajstić information content (AvgIpc) is 3.47. The first-order valence-electron chi connectivity index (χ1n) is 12.3. The molecule has 0 saturated carbocycles. The molecule has 2 fully saturated rings. The predicted molar refractivity (Wildman–Crippen MR) is 125 cm³/mol. The smallest absolute Gasteiger partial charge is 0.226 e. The fourth-order valence-corrected chi connectivity index (χ4v) is 5.52. The fraction of sp³-hybridized carbons (Fsp3) is 0.667. The Morgan fingerprint density at radius 3 is 2.62 bits per heavy atom. The number of carbonyl (C=O) groups excluding carboxylic acids is 1. The molecule has 0 unspecified atom stereocenters. The van der Waals surface area contributed by atoms with Crippen LogP contribution in [0.3, 0.4) is 0 Å². The van der Waals surface area contributed by atoms with E-state index in [1.807, 2.05) is 0 Å². The summed E-state index contributed by atoms with van der Waals surface area (Å²) in [5.74, 6) is 3.62. The van der Waals surface area contributed by atoms with Crippen LogP contribution in [-0.4, -0.2) is 63.0 Å². The van der Waals surface area contributed by atoms with Crippen LogP contribution in [0.4, 0.5) is 11.6 Å². The van der Waals surface area contributed by atoms with Gasteiger partial charge in [-0.3, -0.25) is 4.79 Å². The third-order valence-corrected chi connectivity index (χ3v) is 7.34. The molecule has 172 valence electrons. The van der Waals surface area contributed by atoms with Gasteiger partial charge in [0.05, 0.1) is 5.69 Å². The number of fused-ring (bicyclic) bond motifs is 1. The molecule has 1 N–H and O–H groups in total. The van der Waals surface area contributed by atoms with Gasteiger partial charge in [-0.15, -0.1) is 0 Å². The molecule has 5 heterocycles. The molecule has 1 amide bonds. The molecular formula is C24H35N7O. The zero-order valence-electron chi connectivity index (χ0n) is 19.4. The largest absolute Gasteiger partial charge is 0.356 e. The van der Waals surface area contributed by atoms with Crippen molar-refractivity contribution in [1.29, 1.82) is 0 Å². The maximum atomic E-state index is 11.9. The van der Waals surface area contributed by atoms with Crippen LogP contribution in [0.2, 0.25) is 0 Å². The summed E-state index contributed by atoms with van der Waals surface area (Å²) in [7, 11) is 0. The molecule has 0 radical (unpaired) electrons. The average molecular weight is 438 g/mol. The van der Waals surface area contributed by atoms with E-state index >= 15 is 0 Å². The van der Waals surface area contributed by atoms with Gasteiger partial charge in [0, 0.05) is 50.3 Å². The van der Waals surface area contributed by atoms with E-state index in [-0.39, 0.29) is 11.8 Å². The summed E-state index contributed by atoms with van der Waals surface area (Å²) in [6.45, 7) is 10.8. The second-order valence-electron chi connectivity index (χ2n) is 9.56. The van der Waals surface area contributed by atoms with Crippen molar-refractivity contribution in [2.45, 2.75) is 70.8 Å². The van der Waals surface area contributed by atoms with Crippen molar-refractivity contribution < 1.29 is 4.79 Å². The molecule has 0 spiro atoms. The van der Waals surface area contributed by atoms with Crippen molar-refractivity contribution in [3.8, 4) is 0 Å². The number of hydrogen-bond acceptors (Lipinski definition) is 6. The number of nitrogens with zero attached hydrogens (tertiary/aromatic N) is 6. The first-order chi connectivity index (χ1) is 15.6. The number of aromatic nitrogens is 4. The van der Waals surface area contributed by atoms with Crippen LogP contribution in [0.15, 0.2) is 12.5 Å². The van der Waals surface area contributed by atoms with E-state index in [2.05, 4.69) is 49.7 Å². The SMILES string of the molecule is CCc1cn(CCN2CCCC2)c(C2CCN(c3ncnc4c3[C@H](C)CC(=O)N4)CC2)n1. The predicted octanol–water partition coefficient (Wildman–Crippen LogP) is 3.16. The highest BCUT2D eigenvalue weighted by molar-refractivity contribution is 5.94. The molecule has 0 aliphatic carbocycles. The van der Waals surface area contributed by atoms with Crippen molar-refractivity contribution in [2.75, 3.05) is 42.9 Å². The van der Waals surface area contributed by atoms with Gasteiger partial charge in [0.1, 0.15) is 23.8 Å². The second kappa shape index (κ2) is 9.17. The molecule has 0 bridgehead atoms. The number of likely N-dealkylation sites (tertiary alicyclic amines) is 1. The van der Waals surface area contributed by atoms with Gasteiger partial charge >= 0.3 is 0 Å². The van der Waals surface area contributed by atoms with Crippen molar-refractivity contribution in [3.63, 3.8) is 0 Å². The molecule has 3 aliphatic rings. The zero-order valence-corrected chi connectivity index (χ0v) is 19.4. The van der Waals surface area contributed by atoms with Crippen molar-refractivity contribution in [2.24, 2.45) is 0 Å². The van der Waals surface area contributed by atoms with Gasteiger partial charge in [-0.25, -0.2) is 15.0 Å². The summed E-state index contributed by atoms with van der Waals surface area (Å²) in [6.07, 6.45) is 10.2. The molecule has 0 aromatic carbocycles. The first kappa shape index (κ1) is 21.4. The standard InChI is InChI=1S/C24H35N7O/c1-3-19-15-31(13-12-29-8-4-5-9-29)23(27-19)18-6-10-30(11-7-18)24-21-17(2)14-20(32)28-22(21)25-16-26-24/h15-18H,3-14H2,1-2H3,(H,25,26,28,32)/t17-/m1/s1. The maximum absolute atomic E-state index is 11.9. The topological polar surface area (TPSA) is 79.2 Å². The van der Waals surface area contributed by atoms with Crippen LogP contribution in [0.5, 0.6) is 0 Å². The third-order valence-electron chi connectivity index (χ3n) is 7.34.